The summed E-state index contributed by atoms with van der Waals surface area (Å²) >= 11 is 0. The summed E-state index contributed by atoms with van der Waals surface area (Å²) in [7, 11) is 1.38. The number of carbonyl (C=O) groups excluding carboxylic acids is 1. The second-order valence-electron chi connectivity index (χ2n) is 2.69. The summed E-state index contributed by atoms with van der Waals surface area (Å²) in [6.45, 7) is 4.02. The maximum absolute atomic E-state index is 11.0. The topological polar surface area (TPSA) is 42.1 Å². The van der Waals surface area contributed by atoms with E-state index in [2.05, 4.69) is 9.72 Å². The van der Waals surface area contributed by atoms with Gasteiger partial charge >= 0.3 is 5.97 Å². The lowest BCUT2D eigenvalue weighted by atomic mass is 10.2. The van der Waals surface area contributed by atoms with Crippen LogP contribution in [0.15, 0.2) is 6.07 Å². The minimum absolute atomic E-state index is 0.308. The molecule has 0 amide bonds. The van der Waals surface area contributed by atoms with Gasteiger partial charge in [0.15, 0.2) is 0 Å². The first-order valence-corrected chi connectivity index (χ1v) is 3.95. The molecule has 1 aromatic heterocycles. The lowest BCUT2D eigenvalue weighted by molar-refractivity contribution is 0.0594. The third-order valence-corrected chi connectivity index (χ3v) is 1.88. The van der Waals surface area contributed by atoms with Crippen LogP contribution in [0.5, 0.6) is 0 Å². The zero-order chi connectivity index (χ0) is 9.14. The third kappa shape index (κ3) is 1.49. The van der Waals surface area contributed by atoms with E-state index < -0.39 is 0 Å². The number of aryl methyl sites for hydroxylation is 2. The van der Waals surface area contributed by atoms with E-state index in [9.17, 15) is 4.79 Å². The molecule has 0 aliphatic heterocycles. The van der Waals surface area contributed by atoms with Crippen molar-refractivity contribution in [1.29, 1.82) is 0 Å². The average Bonchev–Trinajstić information content (AvgIpc) is 2.45. The Morgan fingerprint density at radius 1 is 1.67 bits per heavy atom. The van der Waals surface area contributed by atoms with Crippen LogP contribution in [0.1, 0.15) is 28.7 Å². The van der Waals surface area contributed by atoms with Crippen LogP contribution in [-0.4, -0.2) is 18.1 Å². The Morgan fingerprint density at radius 3 is 2.75 bits per heavy atom. The Balaban J connectivity index is 2.96. The summed E-state index contributed by atoms with van der Waals surface area (Å²) in [5.41, 5.74) is 2.74. The Morgan fingerprint density at radius 2 is 2.33 bits per heavy atom. The average molecular weight is 167 g/mol. The molecule has 0 radical (unpaired) electrons. The molecule has 0 saturated heterocycles. The number of aromatic nitrogens is 1. The molecule has 0 aliphatic rings. The minimum atomic E-state index is -0.308. The van der Waals surface area contributed by atoms with Crippen LogP contribution in [-0.2, 0) is 11.2 Å². The van der Waals surface area contributed by atoms with Crippen molar-refractivity contribution in [2.75, 3.05) is 7.11 Å². The van der Waals surface area contributed by atoms with Crippen molar-refractivity contribution >= 4 is 5.97 Å². The zero-order valence-electron chi connectivity index (χ0n) is 7.60. The number of aromatic amines is 1. The third-order valence-electron chi connectivity index (χ3n) is 1.88. The fraction of sp³-hybridized carbons (Fsp3) is 0.444. The summed E-state index contributed by atoms with van der Waals surface area (Å²) in [5, 5.41) is 0. The molecule has 0 unspecified atom stereocenters. The van der Waals surface area contributed by atoms with Gasteiger partial charge in [-0.25, -0.2) is 4.79 Å². The molecule has 0 saturated carbocycles. The molecule has 0 bridgehead atoms. The van der Waals surface area contributed by atoms with Gasteiger partial charge in [-0.2, -0.15) is 0 Å². The van der Waals surface area contributed by atoms with Crippen molar-refractivity contribution in [2.45, 2.75) is 20.3 Å². The van der Waals surface area contributed by atoms with Crippen LogP contribution in [0.25, 0.3) is 0 Å². The highest BCUT2D eigenvalue weighted by molar-refractivity contribution is 5.87. The lowest BCUT2D eigenvalue weighted by Gasteiger charge is -1.93. The maximum atomic E-state index is 11.0. The second-order valence-corrected chi connectivity index (χ2v) is 2.69. The first-order valence-electron chi connectivity index (χ1n) is 3.95. The van der Waals surface area contributed by atoms with E-state index in [1.807, 2.05) is 19.9 Å². The predicted octanol–water partition coefficient (Wildman–Crippen LogP) is 1.67. The molecule has 0 atom stereocenters. The molecule has 1 rings (SSSR count). The van der Waals surface area contributed by atoms with Gasteiger partial charge in [-0.1, -0.05) is 6.92 Å². The summed E-state index contributed by atoms with van der Waals surface area (Å²) < 4.78 is 4.58. The molecule has 12 heavy (non-hydrogen) atoms. The number of nitrogens with one attached hydrogen (secondary N) is 1. The highest BCUT2D eigenvalue weighted by Crippen LogP contribution is 2.10. The molecular weight excluding hydrogens is 154 g/mol. The smallest absolute Gasteiger partial charge is 0.354 e. The van der Waals surface area contributed by atoms with Crippen molar-refractivity contribution in [1.82, 2.24) is 4.98 Å². The van der Waals surface area contributed by atoms with Gasteiger partial charge in [0.25, 0.3) is 0 Å². The van der Waals surface area contributed by atoms with Gasteiger partial charge in [0.05, 0.1) is 7.11 Å². The Labute approximate surface area is 71.7 Å². The van der Waals surface area contributed by atoms with Crippen molar-refractivity contribution in [3.63, 3.8) is 0 Å². The van der Waals surface area contributed by atoms with E-state index in [0.29, 0.717) is 5.69 Å². The van der Waals surface area contributed by atoms with Gasteiger partial charge in [0.2, 0.25) is 0 Å². The summed E-state index contributed by atoms with van der Waals surface area (Å²) in [6, 6.07) is 1.81. The summed E-state index contributed by atoms with van der Waals surface area (Å²) in [4.78, 5) is 14.0. The molecule has 0 aliphatic carbocycles. The van der Waals surface area contributed by atoms with Crippen LogP contribution in [0.2, 0.25) is 0 Å². The normalized spacial score (nSPS) is 9.92. The van der Waals surface area contributed by atoms with E-state index in [0.717, 1.165) is 17.7 Å². The molecule has 0 aromatic carbocycles. The standard InChI is InChI=1S/C9H13NO2/c1-4-7-6(2)5-8(10-7)9(11)12-3/h5,10H,4H2,1-3H3. The molecule has 66 valence electrons. The van der Waals surface area contributed by atoms with Crippen LogP contribution in [0.3, 0.4) is 0 Å². The molecule has 3 heteroatoms. The zero-order valence-corrected chi connectivity index (χ0v) is 7.60. The first-order chi connectivity index (χ1) is 5.69. The Bertz CT molecular complexity index is 289. The minimum Gasteiger partial charge on any atom is -0.464 e. The van der Waals surface area contributed by atoms with Crippen molar-refractivity contribution in [3.05, 3.63) is 23.0 Å². The summed E-state index contributed by atoms with van der Waals surface area (Å²) in [5.74, 6) is -0.308. The lowest BCUT2D eigenvalue weighted by Crippen LogP contribution is -2.01. The van der Waals surface area contributed by atoms with Gasteiger partial charge < -0.3 is 9.72 Å². The molecule has 1 heterocycles. The number of H-pyrrole nitrogens is 1. The second kappa shape index (κ2) is 3.43. The fourth-order valence-electron chi connectivity index (χ4n) is 1.19. The number of esters is 1. The monoisotopic (exact) mass is 167 g/mol. The van der Waals surface area contributed by atoms with Crippen LogP contribution < -0.4 is 0 Å². The highest BCUT2D eigenvalue weighted by Gasteiger charge is 2.09. The predicted molar refractivity (Wildman–Crippen MR) is 46.2 cm³/mol. The SMILES string of the molecule is CCc1[nH]c(C(=O)OC)cc1C. The fourth-order valence-corrected chi connectivity index (χ4v) is 1.19. The molecule has 1 N–H and O–H groups in total. The Kier molecular flexibility index (Phi) is 2.53. The maximum Gasteiger partial charge on any atom is 0.354 e. The highest BCUT2D eigenvalue weighted by atomic mass is 16.5. The van der Waals surface area contributed by atoms with Crippen molar-refractivity contribution < 1.29 is 9.53 Å². The Hall–Kier alpha value is -1.25. The van der Waals surface area contributed by atoms with Gasteiger partial charge in [0.1, 0.15) is 5.69 Å². The molecule has 3 nitrogen and oxygen atoms in total. The van der Waals surface area contributed by atoms with E-state index in [-0.39, 0.29) is 5.97 Å². The molecule has 1 aromatic rings. The first kappa shape index (κ1) is 8.84. The number of hydrogen-bond acceptors (Lipinski definition) is 2. The molecule has 0 spiro atoms. The van der Waals surface area contributed by atoms with Crippen molar-refractivity contribution in [3.8, 4) is 0 Å². The van der Waals surface area contributed by atoms with Crippen LogP contribution in [0.4, 0.5) is 0 Å². The van der Waals surface area contributed by atoms with E-state index >= 15 is 0 Å². The van der Waals surface area contributed by atoms with Gasteiger partial charge in [0, 0.05) is 5.69 Å². The number of rotatable bonds is 2. The molecular formula is C9H13NO2. The quantitative estimate of drug-likeness (QED) is 0.681. The number of hydrogen-bond donors (Lipinski definition) is 1. The molecule has 0 fully saturated rings. The number of methoxy groups -OCH3 is 1. The van der Waals surface area contributed by atoms with Crippen LogP contribution in [0, 0.1) is 6.92 Å². The van der Waals surface area contributed by atoms with E-state index in [4.69, 9.17) is 0 Å². The van der Waals surface area contributed by atoms with E-state index in [1.165, 1.54) is 7.11 Å². The van der Waals surface area contributed by atoms with Crippen molar-refractivity contribution in [2.24, 2.45) is 0 Å². The van der Waals surface area contributed by atoms with E-state index in [1.54, 1.807) is 0 Å². The largest absolute Gasteiger partial charge is 0.464 e. The van der Waals surface area contributed by atoms with Gasteiger partial charge in [-0.15, -0.1) is 0 Å². The number of ether oxygens (including phenoxy) is 1. The van der Waals surface area contributed by atoms with Crippen LogP contribution >= 0.6 is 0 Å². The number of carbonyl (C=O) groups is 1. The summed E-state index contributed by atoms with van der Waals surface area (Å²) in [6.07, 6.45) is 0.906. The van der Waals surface area contributed by atoms with Gasteiger partial charge in [-0.05, 0) is 25.0 Å². The van der Waals surface area contributed by atoms with Gasteiger partial charge in [-0.3, -0.25) is 0 Å².